The van der Waals surface area contributed by atoms with Crippen LogP contribution in [0.5, 0.6) is 0 Å². The van der Waals surface area contributed by atoms with Gasteiger partial charge >= 0.3 is 0 Å². The molecule has 0 fully saturated rings. The Morgan fingerprint density at radius 1 is 1.42 bits per heavy atom. The molecule has 0 radical (unpaired) electrons. The van der Waals surface area contributed by atoms with Crippen molar-refractivity contribution in [1.29, 1.82) is 0 Å². The third-order valence-electron chi connectivity index (χ3n) is 1.88. The zero-order valence-corrected chi connectivity index (χ0v) is 8.08. The van der Waals surface area contributed by atoms with Crippen molar-refractivity contribution >= 4 is 0 Å². The van der Waals surface area contributed by atoms with Gasteiger partial charge in [0.1, 0.15) is 0 Å². The van der Waals surface area contributed by atoms with Crippen LogP contribution in [0.4, 0.5) is 0 Å². The second kappa shape index (κ2) is 3.58. The van der Waals surface area contributed by atoms with Gasteiger partial charge in [0.2, 0.25) is 0 Å². The monoisotopic (exact) mass is 170 g/mol. The van der Waals surface area contributed by atoms with Gasteiger partial charge in [0.25, 0.3) is 0 Å². The minimum Gasteiger partial charge on any atom is -0.389 e. The van der Waals surface area contributed by atoms with E-state index >= 15 is 0 Å². The van der Waals surface area contributed by atoms with Crippen molar-refractivity contribution in [2.75, 3.05) is 6.61 Å². The van der Waals surface area contributed by atoms with Crippen LogP contribution in [0, 0.1) is 5.92 Å². The van der Waals surface area contributed by atoms with Crippen molar-refractivity contribution in [1.82, 2.24) is 0 Å². The molecule has 12 heavy (non-hydrogen) atoms. The first-order valence-electron chi connectivity index (χ1n) is 4.48. The highest BCUT2D eigenvalue weighted by Crippen LogP contribution is 2.20. The van der Waals surface area contributed by atoms with Crippen molar-refractivity contribution in [3.05, 3.63) is 12.2 Å². The van der Waals surface area contributed by atoms with Crippen LogP contribution in [0.1, 0.15) is 27.2 Å². The van der Waals surface area contributed by atoms with Crippen molar-refractivity contribution in [3.8, 4) is 0 Å². The highest BCUT2D eigenvalue weighted by atomic mass is 16.5. The zero-order valence-electron chi connectivity index (χ0n) is 8.08. The van der Waals surface area contributed by atoms with E-state index in [0.29, 0.717) is 5.92 Å². The number of aliphatic hydroxyl groups is 1. The van der Waals surface area contributed by atoms with Crippen molar-refractivity contribution in [3.63, 3.8) is 0 Å². The molecule has 0 aromatic rings. The van der Waals surface area contributed by atoms with E-state index in [1.807, 2.05) is 32.9 Å². The fourth-order valence-corrected chi connectivity index (χ4v) is 1.23. The number of aliphatic hydroxyl groups excluding tert-OH is 1. The van der Waals surface area contributed by atoms with Crippen LogP contribution in [-0.4, -0.2) is 23.4 Å². The molecule has 0 aromatic heterocycles. The Morgan fingerprint density at radius 2 is 2.08 bits per heavy atom. The van der Waals surface area contributed by atoms with Gasteiger partial charge in [0.05, 0.1) is 18.3 Å². The number of ether oxygens (including phenoxy) is 1. The fraction of sp³-hybridized carbons (Fsp3) is 0.800. The molecular weight excluding hydrogens is 152 g/mol. The lowest BCUT2D eigenvalue weighted by molar-refractivity contribution is -0.0180. The van der Waals surface area contributed by atoms with Gasteiger partial charge in [-0.05, 0) is 27.2 Å². The van der Waals surface area contributed by atoms with Crippen LogP contribution >= 0.6 is 0 Å². The van der Waals surface area contributed by atoms with Gasteiger partial charge in [-0.15, -0.1) is 0 Å². The summed E-state index contributed by atoms with van der Waals surface area (Å²) in [6, 6.07) is 0. The summed E-state index contributed by atoms with van der Waals surface area (Å²) in [5.74, 6) is 0.402. The predicted molar refractivity (Wildman–Crippen MR) is 49.0 cm³/mol. The first-order valence-corrected chi connectivity index (χ1v) is 4.48. The molecule has 1 aliphatic carbocycles. The second-order valence-corrected chi connectivity index (χ2v) is 4.37. The minimum atomic E-state index is -0.251. The second-order valence-electron chi connectivity index (χ2n) is 4.37. The lowest BCUT2D eigenvalue weighted by Gasteiger charge is -2.21. The summed E-state index contributed by atoms with van der Waals surface area (Å²) in [6.45, 7) is 6.85. The Morgan fingerprint density at radius 3 is 2.50 bits per heavy atom. The van der Waals surface area contributed by atoms with Gasteiger partial charge in [0.15, 0.2) is 0 Å². The van der Waals surface area contributed by atoms with Gasteiger partial charge in [-0.1, -0.05) is 12.2 Å². The molecule has 1 rings (SSSR count). The SMILES string of the molecule is CC(C)(C)OC[C@@H]1C=C[C@@H](O)C1. The molecule has 0 aromatic carbocycles. The van der Waals surface area contributed by atoms with E-state index in [4.69, 9.17) is 4.74 Å². The van der Waals surface area contributed by atoms with Crippen molar-refractivity contribution in [2.45, 2.75) is 38.9 Å². The third-order valence-corrected chi connectivity index (χ3v) is 1.88. The molecule has 2 atom stereocenters. The summed E-state index contributed by atoms with van der Waals surface area (Å²) < 4.78 is 5.60. The summed E-state index contributed by atoms with van der Waals surface area (Å²) in [6.07, 6.45) is 4.45. The predicted octanol–water partition coefficient (Wildman–Crippen LogP) is 1.74. The minimum absolute atomic E-state index is 0.0681. The quantitative estimate of drug-likeness (QED) is 0.640. The summed E-state index contributed by atoms with van der Waals surface area (Å²) in [5.41, 5.74) is -0.0681. The largest absolute Gasteiger partial charge is 0.389 e. The maximum atomic E-state index is 9.19. The Balaban J connectivity index is 2.21. The van der Waals surface area contributed by atoms with Crippen LogP contribution in [0.3, 0.4) is 0 Å². The number of hydrogen-bond acceptors (Lipinski definition) is 2. The van der Waals surface area contributed by atoms with Crippen LogP contribution in [0.2, 0.25) is 0 Å². The Hall–Kier alpha value is -0.340. The lowest BCUT2D eigenvalue weighted by Crippen LogP contribution is -2.23. The smallest absolute Gasteiger partial charge is 0.0727 e. The van der Waals surface area contributed by atoms with Gasteiger partial charge in [-0.2, -0.15) is 0 Å². The van der Waals surface area contributed by atoms with E-state index in [1.54, 1.807) is 0 Å². The standard InChI is InChI=1S/C10H18O2/c1-10(2,3)12-7-8-4-5-9(11)6-8/h4-5,8-9,11H,6-7H2,1-3H3/t8-,9-/m1/s1. The molecule has 0 spiro atoms. The molecular formula is C10H18O2. The normalized spacial score (nSPS) is 29.7. The molecule has 0 saturated carbocycles. The van der Waals surface area contributed by atoms with Crippen molar-refractivity contribution < 1.29 is 9.84 Å². The Labute approximate surface area is 74.2 Å². The summed E-state index contributed by atoms with van der Waals surface area (Å²) in [4.78, 5) is 0. The van der Waals surface area contributed by atoms with Gasteiger partial charge < -0.3 is 9.84 Å². The van der Waals surface area contributed by atoms with E-state index < -0.39 is 0 Å². The number of hydrogen-bond donors (Lipinski definition) is 1. The molecule has 0 heterocycles. The van der Waals surface area contributed by atoms with E-state index in [2.05, 4.69) is 0 Å². The van der Waals surface area contributed by atoms with Gasteiger partial charge in [-0.3, -0.25) is 0 Å². The summed E-state index contributed by atoms with van der Waals surface area (Å²) in [7, 11) is 0. The molecule has 1 aliphatic rings. The average molecular weight is 170 g/mol. The fourth-order valence-electron chi connectivity index (χ4n) is 1.23. The molecule has 0 aliphatic heterocycles. The molecule has 70 valence electrons. The van der Waals surface area contributed by atoms with E-state index in [9.17, 15) is 5.11 Å². The van der Waals surface area contributed by atoms with Gasteiger partial charge in [0, 0.05) is 5.92 Å². The Kier molecular flexibility index (Phi) is 2.91. The number of rotatable bonds is 2. The maximum absolute atomic E-state index is 9.19. The zero-order chi connectivity index (χ0) is 9.19. The summed E-state index contributed by atoms with van der Waals surface area (Å²) >= 11 is 0. The highest BCUT2D eigenvalue weighted by molar-refractivity contribution is 5.02. The first-order chi connectivity index (χ1) is 5.47. The third kappa shape index (κ3) is 3.37. The lowest BCUT2D eigenvalue weighted by atomic mass is 10.1. The van der Waals surface area contributed by atoms with Crippen LogP contribution in [0.15, 0.2) is 12.2 Å². The first kappa shape index (κ1) is 9.75. The van der Waals surface area contributed by atoms with Crippen LogP contribution < -0.4 is 0 Å². The molecule has 2 nitrogen and oxygen atoms in total. The molecule has 0 unspecified atom stereocenters. The molecule has 1 N–H and O–H groups in total. The van der Waals surface area contributed by atoms with Crippen LogP contribution in [0.25, 0.3) is 0 Å². The van der Waals surface area contributed by atoms with E-state index in [1.165, 1.54) is 0 Å². The van der Waals surface area contributed by atoms with E-state index in [0.717, 1.165) is 13.0 Å². The molecule has 0 amide bonds. The summed E-state index contributed by atoms with van der Waals surface area (Å²) in [5, 5.41) is 9.19. The average Bonchev–Trinajstić information content (AvgIpc) is 2.30. The van der Waals surface area contributed by atoms with Crippen molar-refractivity contribution in [2.24, 2.45) is 5.92 Å². The highest BCUT2D eigenvalue weighted by Gasteiger charge is 2.19. The Bertz CT molecular complexity index is 167. The van der Waals surface area contributed by atoms with Crippen LogP contribution in [-0.2, 0) is 4.74 Å². The van der Waals surface area contributed by atoms with Gasteiger partial charge in [-0.25, -0.2) is 0 Å². The molecule has 0 saturated heterocycles. The maximum Gasteiger partial charge on any atom is 0.0727 e. The van der Waals surface area contributed by atoms with E-state index in [-0.39, 0.29) is 11.7 Å². The molecule has 2 heteroatoms. The molecule has 0 bridgehead atoms. The topological polar surface area (TPSA) is 29.5 Å².